The molecule has 0 aromatic carbocycles. The standard InChI is InChI=1S/C19H39NO3/c1-4-8-17(9-5-2)10-7-11-18(21)16-22-14-12-20-13-15-23-19(20)6-3/h17-19,21H,4-16H2,1-3H3. The number of nitrogens with zero attached hydrogens (tertiary/aromatic N) is 1. The first-order chi connectivity index (χ1) is 11.2. The Hall–Kier alpha value is -0.160. The van der Waals surface area contributed by atoms with Crippen LogP contribution in [-0.4, -0.2) is 55.2 Å². The van der Waals surface area contributed by atoms with Crippen molar-refractivity contribution in [2.75, 3.05) is 32.9 Å². The molecule has 1 aliphatic heterocycles. The lowest BCUT2D eigenvalue weighted by Gasteiger charge is -2.21. The van der Waals surface area contributed by atoms with Crippen LogP contribution in [0.3, 0.4) is 0 Å². The van der Waals surface area contributed by atoms with Crippen molar-refractivity contribution >= 4 is 0 Å². The Morgan fingerprint density at radius 1 is 1.13 bits per heavy atom. The van der Waals surface area contributed by atoms with Gasteiger partial charge < -0.3 is 14.6 Å². The molecule has 1 aliphatic rings. The van der Waals surface area contributed by atoms with E-state index in [4.69, 9.17) is 9.47 Å². The zero-order valence-corrected chi connectivity index (χ0v) is 15.6. The molecule has 0 spiro atoms. The summed E-state index contributed by atoms with van der Waals surface area (Å²) in [5.41, 5.74) is 0. The molecular weight excluding hydrogens is 290 g/mol. The maximum atomic E-state index is 10.0. The van der Waals surface area contributed by atoms with Crippen LogP contribution in [0, 0.1) is 5.92 Å². The average molecular weight is 330 g/mol. The highest BCUT2D eigenvalue weighted by atomic mass is 16.5. The zero-order valence-electron chi connectivity index (χ0n) is 15.6. The second kappa shape index (κ2) is 13.2. The lowest BCUT2D eigenvalue weighted by Crippen LogP contribution is -2.33. The van der Waals surface area contributed by atoms with E-state index in [0.29, 0.717) is 13.2 Å². The fraction of sp³-hybridized carbons (Fsp3) is 1.00. The summed E-state index contributed by atoms with van der Waals surface area (Å²) >= 11 is 0. The van der Waals surface area contributed by atoms with Gasteiger partial charge in [0.25, 0.3) is 0 Å². The summed E-state index contributed by atoms with van der Waals surface area (Å²) in [6.45, 7) is 10.6. The number of hydrogen-bond donors (Lipinski definition) is 1. The first-order valence-corrected chi connectivity index (χ1v) is 9.82. The van der Waals surface area contributed by atoms with Crippen molar-refractivity contribution in [3.63, 3.8) is 0 Å². The van der Waals surface area contributed by atoms with Gasteiger partial charge in [-0.2, -0.15) is 0 Å². The van der Waals surface area contributed by atoms with Gasteiger partial charge in [-0.3, -0.25) is 4.90 Å². The van der Waals surface area contributed by atoms with E-state index in [1.807, 2.05) is 0 Å². The fourth-order valence-corrected chi connectivity index (χ4v) is 3.56. The minimum atomic E-state index is -0.310. The molecule has 1 rings (SSSR count). The SMILES string of the molecule is CCCC(CCC)CCCC(O)COCCN1CCOC1CC. The van der Waals surface area contributed by atoms with Gasteiger partial charge >= 0.3 is 0 Å². The Morgan fingerprint density at radius 3 is 2.52 bits per heavy atom. The molecule has 23 heavy (non-hydrogen) atoms. The maximum absolute atomic E-state index is 10.0. The molecule has 0 aromatic heterocycles. The minimum absolute atomic E-state index is 0.262. The summed E-state index contributed by atoms with van der Waals surface area (Å²) < 4.78 is 11.3. The summed E-state index contributed by atoms with van der Waals surface area (Å²) in [5, 5.41) is 10.0. The normalized spacial score (nSPS) is 20.5. The summed E-state index contributed by atoms with van der Waals surface area (Å²) in [6, 6.07) is 0. The molecule has 0 amide bonds. The van der Waals surface area contributed by atoms with Crippen LogP contribution in [0.25, 0.3) is 0 Å². The number of rotatable bonds is 14. The highest BCUT2D eigenvalue weighted by molar-refractivity contribution is 4.68. The van der Waals surface area contributed by atoms with E-state index >= 15 is 0 Å². The molecule has 0 radical (unpaired) electrons. The van der Waals surface area contributed by atoms with Gasteiger partial charge in [0.05, 0.1) is 25.9 Å². The third-order valence-electron chi connectivity index (χ3n) is 4.82. The molecule has 1 N–H and O–H groups in total. The van der Waals surface area contributed by atoms with Gasteiger partial charge in [-0.15, -0.1) is 0 Å². The molecule has 2 unspecified atom stereocenters. The minimum Gasteiger partial charge on any atom is -0.391 e. The third kappa shape index (κ3) is 9.04. The third-order valence-corrected chi connectivity index (χ3v) is 4.82. The van der Waals surface area contributed by atoms with Gasteiger partial charge in [0.15, 0.2) is 0 Å². The topological polar surface area (TPSA) is 41.9 Å². The largest absolute Gasteiger partial charge is 0.391 e. The highest BCUT2D eigenvalue weighted by Gasteiger charge is 2.22. The summed E-state index contributed by atoms with van der Waals surface area (Å²) in [6.07, 6.45) is 9.43. The number of hydrogen-bond acceptors (Lipinski definition) is 4. The van der Waals surface area contributed by atoms with Crippen molar-refractivity contribution < 1.29 is 14.6 Å². The van der Waals surface area contributed by atoms with Gasteiger partial charge in [0, 0.05) is 13.1 Å². The van der Waals surface area contributed by atoms with E-state index in [0.717, 1.165) is 44.9 Å². The molecule has 2 atom stereocenters. The van der Waals surface area contributed by atoms with Crippen LogP contribution in [0.1, 0.15) is 72.1 Å². The van der Waals surface area contributed by atoms with Crippen LogP contribution in [0.15, 0.2) is 0 Å². The molecule has 0 bridgehead atoms. The Kier molecular flexibility index (Phi) is 12.0. The zero-order chi connectivity index (χ0) is 16.9. The van der Waals surface area contributed by atoms with Gasteiger partial charge in [0.1, 0.15) is 6.23 Å². The van der Waals surface area contributed by atoms with Crippen LogP contribution in [0.4, 0.5) is 0 Å². The molecule has 1 fully saturated rings. The predicted molar refractivity (Wildman–Crippen MR) is 95.6 cm³/mol. The number of aliphatic hydroxyl groups excluding tert-OH is 1. The predicted octanol–water partition coefficient (Wildman–Crippen LogP) is 3.82. The van der Waals surface area contributed by atoms with E-state index in [2.05, 4.69) is 25.7 Å². The Morgan fingerprint density at radius 2 is 1.87 bits per heavy atom. The summed E-state index contributed by atoms with van der Waals surface area (Å²) in [5.74, 6) is 0.847. The quantitative estimate of drug-likeness (QED) is 0.492. The number of aliphatic hydroxyl groups is 1. The molecule has 0 saturated carbocycles. The Labute approximate surface area is 143 Å². The molecule has 1 heterocycles. The molecule has 138 valence electrons. The van der Waals surface area contributed by atoms with Crippen LogP contribution in [-0.2, 0) is 9.47 Å². The lowest BCUT2D eigenvalue weighted by atomic mass is 9.92. The van der Waals surface area contributed by atoms with Crippen molar-refractivity contribution in [1.29, 1.82) is 0 Å². The molecule has 0 aromatic rings. The van der Waals surface area contributed by atoms with Gasteiger partial charge in [-0.25, -0.2) is 0 Å². The Balaban J connectivity index is 2.02. The van der Waals surface area contributed by atoms with Gasteiger partial charge in [0.2, 0.25) is 0 Å². The van der Waals surface area contributed by atoms with Crippen LogP contribution < -0.4 is 0 Å². The molecule has 0 aliphatic carbocycles. The van der Waals surface area contributed by atoms with Crippen LogP contribution in [0.5, 0.6) is 0 Å². The average Bonchev–Trinajstić information content (AvgIpc) is 2.99. The van der Waals surface area contributed by atoms with Crippen molar-refractivity contribution in [3.8, 4) is 0 Å². The smallest absolute Gasteiger partial charge is 0.110 e. The molecular formula is C19H39NO3. The van der Waals surface area contributed by atoms with Crippen LogP contribution in [0.2, 0.25) is 0 Å². The second-order valence-electron chi connectivity index (χ2n) is 6.87. The highest BCUT2D eigenvalue weighted by Crippen LogP contribution is 2.20. The van der Waals surface area contributed by atoms with Crippen molar-refractivity contribution in [1.82, 2.24) is 4.90 Å². The molecule has 4 heteroatoms. The van der Waals surface area contributed by atoms with E-state index < -0.39 is 0 Å². The Bertz CT molecular complexity index is 269. The van der Waals surface area contributed by atoms with E-state index in [1.165, 1.54) is 32.1 Å². The molecule has 1 saturated heterocycles. The first kappa shape index (κ1) is 20.9. The number of ether oxygens (including phenoxy) is 2. The maximum Gasteiger partial charge on any atom is 0.110 e. The summed E-state index contributed by atoms with van der Waals surface area (Å²) in [4.78, 5) is 2.33. The van der Waals surface area contributed by atoms with E-state index in [9.17, 15) is 5.11 Å². The lowest BCUT2D eigenvalue weighted by molar-refractivity contribution is -0.00447. The van der Waals surface area contributed by atoms with Crippen molar-refractivity contribution in [2.24, 2.45) is 5.92 Å². The second-order valence-corrected chi connectivity index (χ2v) is 6.87. The molecule has 4 nitrogen and oxygen atoms in total. The van der Waals surface area contributed by atoms with Crippen molar-refractivity contribution in [2.45, 2.75) is 84.5 Å². The van der Waals surface area contributed by atoms with E-state index in [1.54, 1.807) is 0 Å². The van der Waals surface area contributed by atoms with Crippen LogP contribution >= 0.6 is 0 Å². The van der Waals surface area contributed by atoms with E-state index in [-0.39, 0.29) is 12.3 Å². The fourth-order valence-electron chi connectivity index (χ4n) is 3.56. The first-order valence-electron chi connectivity index (χ1n) is 9.82. The van der Waals surface area contributed by atoms with Gasteiger partial charge in [-0.05, 0) is 18.8 Å². The van der Waals surface area contributed by atoms with Crippen molar-refractivity contribution in [3.05, 3.63) is 0 Å². The monoisotopic (exact) mass is 329 g/mol. The summed E-state index contributed by atoms with van der Waals surface area (Å²) in [7, 11) is 0. The van der Waals surface area contributed by atoms with Gasteiger partial charge in [-0.1, -0.05) is 59.3 Å².